The lowest BCUT2D eigenvalue weighted by Gasteiger charge is -2.34. The zero-order valence-corrected chi connectivity index (χ0v) is 18.8. The molecule has 0 saturated carbocycles. The molecule has 0 N–H and O–H groups in total. The van der Waals surface area contributed by atoms with Crippen molar-refractivity contribution < 1.29 is 42.7 Å². The van der Waals surface area contributed by atoms with Crippen LogP contribution < -0.4 is 0 Å². The predicted molar refractivity (Wildman–Crippen MR) is 97.8 cm³/mol. The second kappa shape index (κ2) is 10.2. The molecule has 0 radical (unpaired) electrons. The smallest absolute Gasteiger partial charge is 0.264 e. The van der Waals surface area contributed by atoms with Gasteiger partial charge in [0.05, 0.1) is 0 Å². The fraction of sp³-hybridized carbons (Fsp3) is 1.00. The van der Waals surface area contributed by atoms with Gasteiger partial charge in [0.15, 0.2) is 6.73 Å². The third kappa shape index (κ3) is 12.9. The van der Waals surface area contributed by atoms with Gasteiger partial charge < -0.3 is 4.74 Å². The molecule has 0 heterocycles. The summed E-state index contributed by atoms with van der Waals surface area (Å²) in [4.78, 5) is 25.6. The van der Waals surface area contributed by atoms with Gasteiger partial charge in [-0.05, 0) is 14.1 Å². The number of nitrogens with zero attached hydrogens (tertiary/aromatic N) is 5. The summed E-state index contributed by atoms with van der Waals surface area (Å²) in [6, 6.07) is 0. The second-order valence-electron chi connectivity index (χ2n) is 8.83. The summed E-state index contributed by atoms with van der Waals surface area (Å²) in [5, 5.41) is 0. The summed E-state index contributed by atoms with van der Waals surface area (Å²) in [6.07, 6.45) is 0. The summed E-state index contributed by atoms with van der Waals surface area (Å²) in [6.45, 7) is 2.12. The van der Waals surface area contributed by atoms with Crippen molar-refractivity contribution in [1.82, 2.24) is 4.90 Å². The van der Waals surface area contributed by atoms with Crippen molar-refractivity contribution in [2.24, 2.45) is 0 Å². The molecule has 0 atom stereocenters. The molecular weight excluding hydrogens is 342 g/mol. The topological polar surface area (TPSA) is 49.4 Å². The quantitative estimate of drug-likeness (QED) is 0.239. The van der Waals surface area contributed by atoms with E-state index in [0.29, 0.717) is 42.9 Å². The van der Waals surface area contributed by atoms with Crippen LogP contribution in [0.2, 0.25) is 0 Å². The second-order valence-corrected chi connectivity index (χ2v) is 8.83. The zero-order chi connectivity index (χ0) is 20.6. The minimum absolute atomic E-state index is 0.241. The van der Waals surface area contributed by atoms with Gasteiger partial charge >= 0.3 is 0 Å². The Morgan fingerprint density at radius 1 is 0.538 bits per heavy atom. The number of methoxy groups -OCH3 is 1. The highest BCUT2D eigenvalue weighted by molar-refractivity contribution is 4.20. The van der Waals surface area contributed by atoms with Gasteiger partial charge in [0.1, 0.15) is 56.4 Å². The van der Waals surface area contributed by atoms with Crippen molar-refractivity contribution in [2.75, 3.05) is 111 Å². The molecule has 0 aromatic carbocycles. The lowest BCUT2D eigenvalue weighted by Crippen LogP contribution is -2.54. The first kappa shape index (κ1) is 25.6. The number of ether oxygens (including phenoxy) is 1. The molecule has 0 bridgehead atoms. The van der Waals surface area contributed by atoms with Crippen LogP contribution in [0.4, 0.5) is 0 Å². The SMILES string of the molecule is COC[N+](C)(C)OC[N+](C)(C)OC[N+](C)(C)OC[N+](C)(C)OCN(C)C. The average Bonchev–Trinajstić information content (AvgIpc) is 2.48. The molecule has 10 heteroatoms. The monoisotopic (exact) mass is 385 g/mol. The fourth-order valence-corrected chi connectivity index (χ4v) is 1.62. The van der Waals surface area contributed by atoms with E-state index in [2.05, 4.69) is 0 Å². The molecule has 0 aromatic heterocycles. The Balaban J connectivity index is 4.39. The summed E-state index contributed by atoms with van der Waals surface area (Å²) in [5.41, 5.74) is 0. The molecule has 0 fully saturated rings. The van der Waals surface area contributed by atoms with Gasteiger partial charge in [0.25, 0.3) is 20.2 Å². The van der Waals surface area contributed by atoms with E-state index in [1.165, 1.54) is 0 Å². The van der Waals surface area contributed by atoms with Crippen LogP contribution in [0, 0.1) is 0 Å². The van der Waals surface area contributed by atoms with E-state index in [4.69, 9.17) is 24.1 Å². The molecule has 0 amide bonds. The molecule has 158 valence electrons. The van der Waals surface area contributed by atoms with Gasteiger partial charge in [0.2, 0.25) is 6.73 Å². The van der Waals surface area contributed by atoms with Crippen LogP contribution in [-0.4, -0.2) is 135 Å². The molecule has 0 unspecified atom stereocenters. The number of quaternary nitrogens is 4. The van der Waals surface area contributed by atoms with Gasteiger partial charge in [0, 0.05) is 7.11 Å². The first-order valence-corrected chi connectivity index (χ1v) is 8.64. The molecule has 0 rings (SSSR count). The lowest BCUT2D eigenvalue weighted by atomic mass is 10.8. The van der Waals surface area contributed by atoms with E-state index in [9.17, 15) is 0 Å². The molecule has 0 aliphatic carbocycles. The number of hydroxylamine groups is 12. The highest BCUT2D eigenvalue weighted by Gasteiger charge is 2.32. The van der Waals surface area contributed by atoms with E-state index >= 15 is 0 Å². The number of hydrogen-bond donors (Lipinski definition) is 0. The largest absolute Gasteiger partial charge is 0.332 e. The van der Waals surface area contributed by atoms with E-state index < -0.39 is 0 Å². The minimum atomic E-state index is 0.241. The third-order valence-corrected chi connectivity index (χ3v) is 3.26. The Kier molecular flexibility index (Phi) is 10.1. The molecule has 0 aliphatic heterocycles. The Bertz CT molecular complexity index is 402. The van der Waals surface area contributed by atoms with Gasteiger partial charge in [-0.25, -0.2) is 0 Å². The normalized spacial score (nSPS) is 14.3. The van der Waals surface area contributed by atoms with Gasteiger partial charge in [-0.15, -0.1) is 14.5 Å². The minimum Gasteiger partial charge on any atom is -0.332 e. The van der Waals surface area contributed by atoms with E-state index in [-0.39, 0.29) is 9.29 Å². The van der Waals surface area contributed by atoms with Crippen molar-refractivity contribution in [1.29, 1.82) is 0 Å². The lowest BCUT2D eigenvalue weighted by molar-refractivity contribution is -1.21. The van der Waals surface area contributed by atoms with Crippen molar-refractivity contribution in [3.8, 4) is 0 Å². The van der Waals surface area contributed by atoms with Crippen molar-refractivity contribution in [2.45, 2.75) is 0 Å². The van der Waals surface area contributed by atoms with Crippen LogP contribution in [0.5, 0.6) is 0 Å². The van der Waals surface area contributed by atoms with Crippen LogP contribution in [0.1, 0.15) is 0 Å². The van der Waals surface area contributed by atoms with E-state index in [1.807, 2.05) is 75.4 Å². The summed E-state index contributed by atoms with van der Waals surface area (Å²) < 4.78 is 6.22. The van der Waals surface area contributed by atoms with Crippen LogP contribution in [-0.2, 0) is 24.1 Å². The number of rotatable bonds is 14. The molecule has 0 saturated heterocycles. The zero-order valence-electron chi connectivity index (χ0n) is 18.8. The maximum Gasteiger partial charge on any atom is 0.264 e. The Labute approximate surface area is 159 Å². The standard InChI is InChI=1S/C16H43N5O5/c1-17(2)12-23-19(5,6)14-25-21(9,10)16-26-20(7,8)15-24-18(3,4)13-22-11/h12-16H2,1-11H3/q+4. The first-order valence-electron chi connectivity index (χ1n) is 8.64. The van der Waals surface area contributed by atoms with Crippen LogP contribution >= 0.6 is 0 Å². The summed E-state index contributed by atoms with van der Waals surface area (Å²) >= 11 is 0. The highest BCUT2D eigenvalue weighted by atomic mass is 16.8. The molecule has 0 spiro atoms. The maximum atomic E-state index is 5.98. The third-order valence-electron chi connectivity index (χ3n) is 3.26. The van der Waals surface area contributed by atoms with Crippen LogP contribution in [0.3, 0.4) is 0 Å². The number of hydrogen-bond acceptors (Lipinski definition) is 6. The molecule has 0 aliphatic rings. The highest BCUT2D eigenvalue weighted by Crippen LogP contribution is 2.10. The molecule has 0 aromatic rings. The Hall–Kier alpha value is -0.400. The van der Waals surface area contributed by atoms with Crippen molar-refractivity contribution >= 4 is 0 Å². The van der Waals surface area contributed by atoms with E-state index in [0.717, 1.165) is 0 Å². The van der Waals surface area contributed by atoms with Gasteiger partial charge in [-0.1, -0.05) is 0 Å². The van der Waals surface area contributed by atoms with Crippen molar-refractivity contribution in [3.05, 3.63) is 0 Å². The Morgan fingerprint density at radius 3 is 1.15 bits per heavy atom. The molecule has 26 heavy (non-hydrogen) atoms. The van der Waals surface area contributed by atoms with Gasteiger partial charge in [-0.2, -0.15) is 23.4 Å². The molecule has 10 nitrogen and oxygen atoms in total. The van der Waals surface area contributed by atoms with Crippen molar-refractivity contribution in [3.63, 3.8) is 0 Å². The predicted octanol–water partition coefficient (Wildman–Crippen LogP) is 0.0139. The summed E-state index contributed by atoms with van der Waals surface area (Å²) in [7, 11) is 21.1. The Morgan fingerprint density at radius 2 is 0.846 bits per heavy atom. The first-order chi connectivity index (χ1) is 11.6. The van der Waals surface area contributed by atoms with Crippen LogP contribution in [0.25, 0.3) is 0 Å². The summed E-state index contributed by atoms with van der Waals surface area (Å²) in [5.74, 6) is 0. The maximum absolute atomic E-state index is 5.98. The molecular formula is C16H43N5O5+4. The van der Waals surface area contributed by atoms with Crippen LogP contribution in [0.15, 0.2) is 0 Å². The van der Waals surface area contributed by atoms with E-state index in [1.54, 1.807) is 7.11 Å². The fourth-order valence-electron chi connectivity index (χ4n) is 1.62. The van der Waals surface area contributed by atoms with Gasteiger partial charge in [-0.3, -0.25) is 4.90 Å². The average molecular weight is 386 g/mol.